The van der Waals surface area contributed by atoms with Crippen LogP contribution < -0.4 is 4.74 Å². The van der Waals surface area contributed by atoms with Crippen molar-refractivity contribution in [2.24, 2.45) is 4.99 Å². The standard InChI is InChI=1S/C12H13NO3S2/c1-16-8-2-3-10(14)9(6-8)11(15)7-18-12-13-4-5-17-12/h2-3,6,14H,4-5,7H2,1H3. The normalized spacial score (nSPS) is 14.4. The second-order valence-corrected chi connectivity index (χ2v) is 5.90. The number of rotatable bonds is 4. The number of methoxy groups -OCH3 is 1. The van der Waals surface area contributed by atoms with Gasteiger partial charge < -0.3 is 9.84 Å². The van der Waals surface area contributed by atoms with E-state index in [2.05, 4.69) is 4.99 Å². The molecular formula is C12H13NO3S2. The molecule has 4 nitrogen and oxygen atoms in total. The Hall–Kier alpha value is -1.14. The van der Waals surface area contributed by atoms with Crippen LogP contribution in [0.25, 0.3) is 0 Å². The highest BCUT2D eigenvalue weighted by Crippen LogP contribution is 2.27. The number of nitrogens with zero attached hydrogens (tertiary/aromatic N) is 1. The number of carbonyl (C=O) groups excluding carboxylic acids is 1. The van der Waals surface area contributed by atoms with Crippen molar-refractivity contribution in [2.75, 3.05) is 25.2 Å². The molecule has 18 heavy (non-hydrogen) atoms. The minimum atomic E-state index is -0.119. The number of hydrogen-bond acceptors (Lipinski definition) is 6. The van der Waals surface area contributed by atoms with Gasteiger partial charge in [0.1, 0.15) is 15.9 Å². The zero-order valence-corrected chi connectivity index (χ0v) is 11.5. The molecule has 0 saturated heterocycles. The van der Waals surface area contributed by atoms with Gasteiger partial charge in [0.05, 0.1) is 25.0 Å². The average Bonchev–Trinajstić information content (AvgIpc) is 2.89. The lowest BCUT2D eigenvalue weighted by molar-refractivity contribution is 0.102. The number of ether oxygens (including phenoxy) is 1. The maximum atomic E-state index is 12.0. The Balaban J connectivity index is 2.03. The minimum absolute atomic E-state index is 0.0117. The fraction of sp³-hybridized carbons (Fsp3) is 0.333. The molecule has 0 aliphatic carbocycles. The van der Waals surface area contributed by atoms with Gasteiger partial charge in [-0.25, -0.2) is 0 Å². The molecule has 0 amide bonds. The first-order valence-corrected chi connectivity index (χ1v) is 7.38. The molecule has 0 bridgehead atoms. The number of hydrogen-bond donors (Lipinski definition) is 1. The molecule has 0 radical (unpaired) electrons. The van der Waals surface area contributed by atoms with Crippen LogP contribution in [0.2, 0.25) is 0 Å². The molecule has 0 aromatic heterocycles. The maximum absolute atomic E-state index is 12.0. The van der Waals surface area contributed by atoms with Crippen molar-refractivity contribution in [3.05, 3.63) is 23.8 Å². The fourth-order valence-corrected chi connectivity index (χ4v) is 3.37. The Bertz CT molecular complexity index is 488. The molecule has 0 saturated carbocycles. The van der Waals surface area contributed by atoms with Crippen molar-refractivity contribution in [1.29, 1.82) is 0 Å². The van der Waals surface area contributed by atoms with E-state index in [4.69, 9.17) is 4.74 Å². The summed E-state index contributed by atoms with van der Waals surface area (Å²) in [6.45, 7) is 0.825. The van der Waals surface area contributed by atoms with Crippen LogP contribution in [0.4, 0.5) is 0 Å². The van der Waals surface area contributed by atoms with Gasteiger partial charge in [0.2, 0.25) is 0 Å². The molecular weight excluding hydrogens is 270 g/mol. The molecule has 0 fully saturated rings. The van der Waals surface area contributed by atoms with Crippen LogP contribution in [-0.2, 0) is 0 Å². The van der Waals surface area contributed by atoms with Gasteiger partial charge in [0.25, 0.3) is 0 Å². The van der Waals surface area contributed by atoms with E-state index in [0.717, 1.165) is 16.7 Å². The number of benzene rings is 1. The lowest BCUT2D eigenvalue weighted by Gasteiger charge is -2.06. The first-order chi connectivity index (χ1) is 8.70. The number of aromatic hydroxyl groups is 1. The van der Waals surface area contributed by atoms with Gasteiger partial charge in [-0.3, -0.25) is 9.79 Å². The first kappa shape index (κ1) is 13.3. The summed E-state index contributed by atoms with van der Waals surface area (Å²) >= 11 is 3.09. The van der Waals surface area contributed by atoms with Gasteiger partial charge in [-0.1, -0.05) is 23.5 Å². The summed E-state index contributed by atoms with van der Waals surface area (Å²) < 4.78 is 5.99. The number of Topliss-reactive ketones (excluding diaryl/α,β-unsaturated/α-hetero) is 1. The fourth-order valence-electron chi connectivity index (χ4n) is 1.47. The van der Waals surface area contributed by atoms with E-state index in [-0.39, 0.29) is 17.3 Å². The SMILES string of the molecule is COc1ccc(O)c(C(=O)CSC2=NCCS2)c1. The number of thioether (sulfide) groups is 2. The monoisotopic (exact) mass is 283 g/mol. The smallest absolute Gasteiger partial charge is 0.177 e. The summed E-state index contributed by atoms with van der Waals surface area (Å²) in [6.07, 6.45) is 0. The Kier molecular flexibility index (Phi) is 4.54. The second-order valence-electron chi connectivity index (χ2n) is 3.59. The van der Waals surface area contributed by atoms with Gasteiger partial charge in [-0.2, -0.15) is 0 Å². The summed E-state index contributed by atoms with van der Waals surface area (Å²) in [6, 6.07) is 4.65. The Morgan fingerprint density at radius 3 is 3.11 bits per heavy atom. The third-order valence-electron chi connectivity index (χ3n) is 2.39. The van der Waals surface area contributed by atoms with Crippen LogP contribution >= 0.6 is 23.5 Å². The van der Waals surface area contributed by atoms with Gasteiger partial charge in [-0.05, 0) is 18.2 Å². The van der Waals surface area contributed by atoms with Crippen LogP contribution in [0.1, 0.15) is 10.4 Å². The second kappa shape index (κ2) is 6.15. The zero-order valence-electron chi connectivity index (χ0n) is 9.88. The molecule has 0 atom stereocenters. The molecule has 1 aromatic carbocycles. The summed E-state index contributed by atoms with van der Waals surface area (Å²) in [4.78, 5) is 16.3. The van der Waals surface area contributed by atoms with E-state index in [1.54, 1.807) is 23.9 Å². The van der Waals surface area contributed by atoms with Crippen LogP contribution in [-0.4, -0.2) is 40.4 Å². The molecule has 1 heterocycles. The molecule has 6 heteroatoms. The summed E-state index contributed by atoms with van der Waals surface area (Å²) in [5.74, 6) is 1.70. The highest BCUT2D eigenvalue weighted by atomic mass is 32.2. The Labute approximate surface area is 114 Å². The van der Waals surface area contributed by atoms with Crippen LogP contribution in [0.3, 0.4) is 0 Å². The van der Waals surface area contributed by atoms with Crippen LogP contribution in [0.15, 0.2) is 23.2 Å². The van der Waals surface area contributed by atoms with Crippen molar-refractivity contribution < 1.29 is 14.6 Å². The predicted octanol–water partition coefficient (Wildman–Crippen LogP) is 2.42. The van der Waals surface area contributed by atoms with E-state index in [9.17, 15) is 9.90 Å². The van der Waals surface area contributed by atoms with E-state index in [1.807, 2.05) is 0 Å². The van der Waals surface area contributed by atoms with E-state index >= 15 is 0 Å². The number of aliphatic imine (C=N–C) groups is 1. The van der Waals surface area contributed by atoms with Gasteiger partial charge in [-0.15, -0.1) is 0 Å². The van der Waals surface area contributed by atoms with Crippen molar-refractivity contribution in [2.45, 2.75) is 0 Å². The van der Waals surface area contributed by atoms with E-state index in [1.165, 1.54) is 24.9 Å². The topological polar surface area (TPSA) is 58.9 Å². The van der Waals surface area contributed by atoms with Crippen molar-refractivity contribution in [3.63, 3.8) is 0 Å². The third-order valence-corrected chi connectivity index (χ3v) is 4.64. The number of carbonyl (C=O) groups is 1. The quantitative estimate of drug-likeness (QED) is 0.860. The van der Waals surface area contributed by atoms with Gasteiger partial charge >= 0.3 is 0 Å². The Morgan fingerprint density at radius 2 is 2.44 bits per heavy atom. The zero-order chi connectivity index (χ0) is 13.0. The first-order valence-electron chi connectivity index (χ1n) is 5.41. The highest BCUT2D eigenvalue weighted by Gasteiger charge is 2.15. The van der Waals surface area contributed by atoms with Crippen molar-refractivity contribution >= 4 is 33.7 Å². The summed E-state index contributed by atoms with van der Waals surface area (Å²) in [7, 11) is 1.53. The molecule has 0 unspecified atom stereocenters. The van der Waals surface area contributed by atoms with Gasteiger partial charge in [0.15, 0.2) is 5.78 Å². The largest absolute Gasteiger partial charge is 0.507 e. The lowest BCUT2D eigenvalue weighted by atomic mass is 10.1. The molecule has 1 aliphatic rings. The van der Waals surface area contributed by atoms with Crippen molar-refractivity contribution in [1.82, 2.24) is 0 Å². The van der Waals surface area contributed by atoms with Crippen LogP contribution in [0, 0.1) is 0 Å². The maximum Gasteiger partial charge on any atom is 0.177 e. The highest BCUT2D eigenvalue weighted by molar-refractivity contribution is 8.39. The van der Waals surface area contributed by atoms with Crippen molar-refractivity contribution in [3.8, 4) is 11.5 Å². The minimum Gasteiger partial charge on any atom is -0.507 e. The molecule has 96 valence electrons. The third kappa shape index (κ3) is 3.20. The van der Waals surface area contributed by atoms with E-state index < -0.39 is 0 Å². The molecule has 0 spiro atoms. The number of ketones is 1. The number of phenols is 1. The van der Waals surface area contributed by atoms with Crippen LogP contribution in [0.5, 0.6) is 11.5 Å². The molecule has 1 aromatic rings. The van der Waals surface area contributed by atoms with E-state index in [0.29, 0.717) is 11.3 Å². The summed E-state index contributed by atoms with van der Waals surface area (Å²) in [5, 5.41) is 9.67. The summed E-state index contributed by atoms with van der Waals surface area (Å²) in [5.41, 5.74) is 0.297. The Morgan fingerprint density at radius 1 is 1.61 bits per heavy atom. The molecule has 2 rings (SSSR count). The lowest BCUT2D eigenvalue weighted by Crippen LogP contribution is -2.04. The molecule has 1 N–H and O–H groups in total. The molecule has 1 aliphatic heterocycles. The average molecular weight is 283 g/mol. The number of phenolic OH excluding ortho intramolecular Hbond substituents is 1. The predicted molar refractivity (Wildman–Crippen MR) is 76.2 cm³/mol. The van der Waals surface area contributed by atoms with Gasteiger partial charge in [0, 0.05) is 5.75 Å².